The highest BCUT2D eigenvalue weighted by molar-refractivity contribution is 7.90. The fourth-order valence-electron chi connectivity index (χ4n) is 4.39. The van der Waals surface area contributed by atoms with E-state index in [0.29, 0.717) is 11.7 Å². The predicted octanol–water partition coefficient (Wildman–Crippen LogP) is 3.79. The highest BCUT2D eigenvalue weighted by Gasteiger charge is 2.39. The van der Waals surface area contributed by atoms with E-state index in [-0.39, 0.29) is 10.8 Å². The van der Waals surface area contributed by atoms with Crippen LogP contribution in [0.15, 0.2) is 58.8 Å². The van der Waals surface area contributed by atoms with Gasteiger partial charge >= 0.3 is 0 Å². The van der Waals surface area contributed by atoms with E-state index in [1.54, 1.807) is 29.5 Å². The number of fused-ring (bicyclic) bond motifs is 1. The van der Waals surface area contributed by atoms with Gasteiger partial charge in [0.05, 0.1) is 10.4 Å². The molecule has 0 radical (unpaired) electrons. The summed E-state index contributed by atoms with van der Waals surface area (Å²) in [7, 11) is -3.29. The van der Waals surface area contributed by atoms with Crippen LogP contribution in [0.5, 0.6) is 5.88 Å². The fourth-order valence-corrected chi connectivity index (χ4v) is 5.05. The van der Waals surface area contributed by atoms with Crippen molar-refractivity contribution in [3.63, 3.8) is 0 Å². The van der Waals surface area contributed by atoms with Crippen molar-refractivity contribution >= 4 is 26.6 Å². The van der Waals surface area contributed by atoms with Gasteiger partial charge in [0.15, 0.2) is 15.7 Å². The summed E-state index contributed by atoms with van der Waals surface area (Å²) >= 11 is 0. The molecule has 34 heavy (non-hydrogen) atoms. The molecule has 0 bridgehead atoms. The fraction of sp³-hybridized carbons (Fsp3) is 0.417. The number of rotatable bonds is 6. The van der Waals surface area contributed by atoms with Crippen LogP contribution in [0.3, 0.4) is 0 Å². The summed E-state index contributed by atoms with van der Waals surface area (Å²) in [5, 5.41) is 6.88. The lowest BCUT2D eigenvalue weighted by atomic mass is 10.1. The Morgan fingerprint density at radius 2 is 1.91 bits per heavy atom. The van der Waals surface area contributed by atoms with Crippen LogP contribution in [-0.2, 0) is 14.7 Å². The zero-order valence-electron chi connectivity index (χ0n) is 19.6. The lowest BCUT2D eigenvalue weighted by molar-refractivity contribution is -0.195. The summed E-state index contributed by atoms with van der Waals surface area (Å²) in [6.07, 6.45) is 7.80. The van der Waals surface area contributed by atoms with Crippen LogP contribution >= 0.6 is 0 Å². The Morgan fingerprint density at radius 3 is 2.65 bits per heavy atom. The van der Waals surface area contributed by atoms with Gasteiger partial charge in [-0.3, -0.25) is 0 Å². The average molecular weight is 484 g/mol. The Bertz CT molecular complexity index is 1330. The van der Waals surface area contributed by atoms with E-state index in [1.165, 1.54) is 12.7 Å². The minimum atomic E-state index is -3.29. The quantitative estimate of drug-likeness (QED) is 0.527. The van der Waals surface area contributed by atoms with E-state index >= 15 is 0 Å². The maximum absolute atomic E-state index is 12.0. The number of oxime groups is 1. The molecule has 0 amide bonds. The number of piperidine rings is 1. The lowest BCUT2D eigenvalue weighted by Crippen LogP contribution is -2.52. The number of nitrogens with zero attached hydrogens (tertiary/aromatic N) is 5. The molecular formula is C24H29N5O4S. The molecule has 0 N–H and O–H groups in total. The minimum Gasteiger partial charge on any atom is -0.351 e. The maximum Gasteiger partial charge on any atom is 0.291 e. The topological polar surface area (TPSA) is 89.3 Å². The molecule has 1 fully saturated rings. The lowest BCUT2D eigenvalue weighted by Gasteiger charge is -2.35. The molecule has 180 valence electrons. The van der Waals surface area contributed by atoms with Gasteiger partial charge in [-0.2, -0.15) is 0 Å². The summed E-state index contributed by atoms with van der Waals surface area (Å²) in [6, 6.07) is 10.8. The molecule has 0 saturated carbocycles. The van der Waals surface area contributed by atoms with Gasteiger partial charge in [0.25, 0.3) is 12.2 Å². The Morgan fingerprint density at radius 1 is 1.12 bits per heavy atom. The molecule has 2 aromatic heterocycles. The van der Waals surface area contributed by atoms with Crippen molar-refractivity contribution in [2.45, 2.75) is 44.4 Å². The Hall–Kier alpha value is -3.11. The molecule has 10 heteroatoms. The highest BCUT2D eigenvalue weighted by Crippen LogP contribution is 2.31. The molecule has 0 aliphatic carbocycles. The first-order valence-electron chi connectivity index (χ1n) is 11.5. The monoisotopic (exact) mass is 483 g/mol. The van der Waals surface area contributed by atoms with E-state index < -0.39 is 16.2 Å². The smallest absolute Gasteiger partial charge is 0.291 e. The second kappa shape index (κ2) is 8.92. The molecule has 4 heterocycles. The van der Waals surface area contributed by atoms with Gasteiger partial charge in [0.2, 0.25) is 0 Å². The Balaban J connectivity index is 1.51. The molecule has 5 rings (SSSR count). The summed E-state index contributed by atoms with van der Waals surface area (Å²) in [5.74, 6) is 1.22. The van der Waals surface area contributed by atoms with Gasteiger partial charge in [0.1, 0.15) is 5.69 Å². The van der Waals surface area contributed by atoms with Crippen LogP contribution in [0.2, 0.25) is 0 Å². The van der Waals surface area contributed by atoms with Gasteiger partial charge in [-0.15, -0.1) is 5.06 Å². The molecule has 1 unspecified atom stereocenters. The average Bonchev–Trinajstić information content (AvgIpc) is 3.43. The van der Waals surface area contributed by atoms with Crippen LogP contribution < -0.4 is 4.84 Å². The molecule has 2 aliphatic rings. The molecule has 1 aromatic carbocycles. The zero-order valence-corrected chi connectivity index (χ0v) is 20.4. The number of hydrogen-bond donors (Lipinski definition) is 0. The van der Waals surface area contributed by atoms with E-state index in [9.17, 15) is 8.42 Å². The maximum atomic E-state index is 12.0. The summed E-state index contributed by atoms with van der Waals surface area (Å²) in [5.41, 5.74) is 1.59. The number of benzene rings is 1. The first-order chi connectivity index (χ1) is 16.3. The van der Waals surface area contributed by atoms with Crippen LogP contribution in [0.4, 0.5) is 0 Å². The summed E-state index contributed by atoms with van der Waals surface area (Å²) in [4.78, 5) is 19.3. The van der Waals surface area contributed by atoms with Gasteiger partial charge in [-0.05, 0) is 49.2 Å². The third-order valence-corrected chi connectivity index (χ3v) is 7.28. The SMILES string of the molecule is CC(C)C1=NOC(N2CCCCC2)N1Oc1ncccc1-n1ccc2cc(S(C)(=O)=O)ccc21. The number of pyridine rings is 1. The molecule has 9 nitrogen and oxygen atoms in total. The number of likely N-dealkylation sites (tertiary alicyclic amines) is 1. The third-order valence-electron chi connectivity index (χ3n) is 6.17. The first kappa shape index (κ1) is 22.7. The molecule has 0 spiro atoms. The van der Waals surface area contributed by atoms with Gasteiger partial charge < -0.3 is 14.2 Å². The molecule has 1 atom stereocenters. The molecule has 2 aliphatic heterocycles. The largest absolute Gasteiger partial charge is 0.351 e. The van der Waals surface area contributed by atoms with Crippen molar-refractivity contribution in [1.82, 2.24) is 19.5 Å². The normalized spacial score (nSPS) is 19.5. The number of amidine groups is 1. The van der Waals surface area contributed by atoms with Gasteiger partial charge in [0, 0.05) is 43.0 Å². The highest BCUT2D eigenvalue weighted by atomic mass is 32.2. The van der Waals surface area contributed by atoms with Crippen LogP contribution in [0.1, 0.15) is 33.1 Å². The summed E-state index contributed by atoms with van der Waals surface area (Å²) in [6.45, 7) is 5.95. The van der Waals surface area contributed by atoms with Crippen molar-refractivity contribution in [2.75, 3.05) is 19.3 Å². The van der Waals surface area contributed by atoms with Crippen LogP contribution in [0, 0.1) is 5.92 Å². The van der Waals surface area contributed by atoms with E-state index in [0.717, 1.165) is 42.5 Å². The first-order valence-corrected chi connectivity index (χ1v) is 13.4. The van der Waals surface area contributed by atoms with Crippen molar-refractivity contribution in [2.24, 2.45) is 11.1 Å². The van der Waals surface area contributed by atoms with Crippen LogP contribution in [0.25, 0.3) is 16.6 Å². The number of hydroxylamine groups is 2. The number of aromatic nitrogens is 2. The standard InChI is InChI=1S/C24H29N5O4S/c1-17(2)22-26-32-24(27-13-5-4-6-14-27)29(22)33-23-21(8-7-12-25-23)28-15-11-18-16-19(34(3,30)31)9-10-20(18)28/h7-12,15-17,24H,4-6,13-14H2,1-3H3. The second-order valence-corrected chi connectivity index (χ2v) is 11.1. The zero-order chi connectivity index (χ0) is 23.9. The third kappa shape index (κ3) is 4.23. The Labute approximate surface area is 199 Å². The summed E-state index contributed by atoms with van der Waals surface area (Å²) < 4.78 is 25.9. The number of hydrogen-bond acceptors (Lipinski definition) is 8. The molecule has 1 saturated heterocycles. The molecular weight excluding hydrogens is 454 g/mol. The van der Waals surface area contributed by atoms with E-state index in [1.807, 2.05) is 29.0 Å². The Kier molecular flexibility index (Phi) is 5.95. The van der Waals surface area contributed by atoms with E-state index in [2.05, 4.69) is 28.9 Å². The van der Waals surface area contributed by atoms with E-state index in [4.69, 9.17) is 9.68 Å². The van der Waals surface area contributed by atoms with Crippen molar-refractivity contribution in [3.8, 4) is 11.6 Å². The second-order valence-electron chi connectivity index (χ2n) is 9.06. The molecule has 3 aromatic rings. The van der Waals surface area contributed by atoms with Crippen molar-refractivity contribution in [3.05, 3.63) is 48.8 Å². The van der Waals surface area contributed by atoms with Crippen LogP contribution in [-0.4, -0.2) is 59.5 Å². The minimum absolute atomic E-state index is 0.101. The van der Waals surface area contributed by atoms with Gasteiger partial charge in [-0.25, -0.2) is 18.3 Å². The van der Waals surface area contributed by atoms with Gasteiger partial charge in [-0.1, -0.05) is 25.4 Å². The van der Waals surface area contributed by atoms with Crippen molar-refractivity contribution in [1.29, 1.82) is 0 Å². The number of sulfone groups is 1. The predicted molar refractivity (Wildman–Crippen MR) is 129 cm³/mol. The van der Waals surface area contributed by atoms with Crippen molar-refractivity contribution < 1.29 is 18.1 Å².